The van der Waals surface area contributed by atoms with Crippen LogP contribution in [0, 0.1) is 3.70 Å². The van der Waals surface area contributed by atoms with Crippen LogP contribution in [0.4, 0.5) is 0 Å². The van der Waals surface area contributed by atoms with Crippen molar-refractivity contribution < 1.29 is 0 Å². The van der Waals surface area contributed by atoms with Gasteiger partial charge in [0.05, 0.1) is 0 Å². The second kappa shape index (κ2) is 5.32. The molecule has 0 aliphatic heterocycles. The Morgan fingerprint density at radius 3 is 2.22 bits per heavy atom. The Morgan fingerprint density at radius 2 is 2.11 bits per heavy atom. The summed E-state index contributed by atoms with van der Waals surface area (Å²) in [6.45, 7) is 0. The van der Waals surface area contributed by atoms with Gasteiger partial charge < -0.3 is 0 Å². The number of nitrogens with zero attached hydrogens (tertiary/aromatic N) is 2. The summed E-state index contributed by atoms with van der Waals surface area (Å²) in [5.41, 5.74) is 0. The standard InChI is InChI=1S/C4H5IN2.2ClH/c1-7-3-2-4(5)6-7;;/h2-3H,1H3;2*1H. The summed E-state index contributed by atoms with van der Waals surface area (Å²) in [5.74, 6) is 0. The summed E-state index contributed by atoms with van der Waals surface area (Å²) < 4.78 is 2.82. The van der Waals surface area contributed by atoms with E-state index in [4.69, 9.17) is 0 Å². The van der Waals surface area contributed by atoms with E-state index in [9.17, 15) is 0 Å². The highest BCUT2D eigenvalue weighted by atomic mass is 127. The van der Waals surface area contributed by atoms with Crippen molar-refractivity contribution in [1.29, 1.82) is 0 Å². The molecule has 0 fully saturated rings. The van der Waals surface area contributed by atoms with Gasteiger partial charge in [-0.3, -0.25) is 4.68 Å². The van der Waals surface area contributed by atoms with Crippen LogP contribution in [-0.2, 0) is 7.05 Å². The summed E-state index contributed by atoms with van der Waals surface area (Å²) in [5, 5.41) is 4.01. The van der Waals surface area contributed by atoms with Crippen LogP contribution < -0.4 is 0 Å². The summed E-state index contributed by atoms with van der Waals surface area (Å²) in [7, 11) is 1.90. The van der Waals surface area contributed by atoms with Crippen molar-refractivity contribution in [2.45, 2.75) is 0 Å². The van der Waals surface area contributed by atoms with Crippen molar-refractivity contribution in [2.24, 2.45) is 7.05 Å². The predicted octanol–water partition coefficient (Wildman–Crippen LogP) is 1.87. The Bertz CT molecular complexity index is 149. The summed E-state index contributed by atoms with van der Waals surface area (Å²) in [6, 6.07) is 1.96. The van der Waals surface area contributed by atoms with Crippen LogP contribution in [0.25, 0.3) is 0 Å². The molecule has 0 atom stereocenters. The molecule has 0 unspecified atom stereocenters. The number of aryl methyl sites for hydroxylation is 1. The van der Waals surface area contributed by atoms with E-state index < -0.39 is 0 Å². The Labute approximate surface area is 80.0 Å². The van der Waals surface area contributed by atoms with Crippen molar-refractivity contribution in [3.63, 3.8) is 0 Å². The van der Waals surface area contributed by atoms with Crippen molar-refractivity contribution >= 4 is 47.4 Å². The molecule has 0 aliphatic rings. The highest BCUT2D eigenvalue weighted by molar-refractivity contribution is 14.1. The van der Waals surface area contributed by atoms with Gasteiger partial charge >= 0.3 is 0 Å². The highest BCUT2D eigenvalue weighted by Gasteiger charge is 1.84. The summed E-state index contributed by atoms with van der Waals surface area (Å²) >= 11 is 2.17. The topological polar surface area (TPSA) is 17.8 Å². The van der Waals surface area contributed by atoms with Crippen LogP contribution in [0.5, 0.6) is 0 Å². The van der Waals surface area contributed by atoms with Gasteiger partial charge in [-0.25, -0.2) is 0 Å². The van der Waals surface area contributed by atoms with Gasteiger partial charge in [-0.2, -0.15) is 5.10 Å². The molecule has 1 aromatic rings. The number of halogens is 3. The van der Waals surface area contributed by atoms with E-state index in [2.05, 4.69) is 27.7 Å². The summed E-state index contributed by atoms with van der Waals surface area (Å²) in [6.07, 6.45) is 1.92. The first-order valence-electron chi connectivity index (χ1n) is 1.94. The summed E-state index contributed by atoms with van der Waals surface area (Å²) in [4.78, 5) is 0. The fraction of sp³-hybridized carbons (Fsp3) is 0.250. The Hall–Kier alpha value is 0.520. The van der Waals surface area contributed by atoms with E-state index in [0.29, 0.717) is 0 Å². The molecule has 0 amide bonds. The first kappa shape index (κ1) is 12.2. The molecule has 0 saturated carbocycles. The molecule has 1 heterocycles. The zero-order valence-electron chi connectivity index (χ0n) is 4.74. The van der Waals surface area contributed by atoms with Gasteiger partial charge in [0.15, 0.2) is 0 Å². The van der Waals surface area contributed by atoms with Gasteiger partial charge in [-0.1, -0.05) is 0 Å². The lowest BCUT2D eigenvalue weighted by Crippen LogP contribution is -1.85. The maximum absolute atomic E-state index is 4.01. The minimum atomic E-state index is 0. The Morgan fingerprint density at radius 1 is 1.56 bits per heavy atom. The second-order valence-electron chi connectivity index (χ2n) is 1.31. The van der Waals surface area contributed by atoms with E-state index in [0.717, 1.165) is 3.70 Å². The molecular formula is C4H7Cl2IN2. The molecule has 1 aromatic heterocycles. The smallest absolute Gasteiger partial charge is 0.123 e. The van der Waals surface area contributed by atoms with E-state index in [-0.39, 0.29) is 24.8 Å². The van der Waals surface area contributed by atoms with Crippen molar-refractivity contribution in [2.75, 3.05) is 0 Å². The van der Waals surface area contributed by atoms with Crippen LogP contribution in [0.3, 0.4) is 0 Å². The van der Waals surface area contributed by atoms with Gasteiger partial charge in [-0.15, -0.1) is 24.8 Å². The van der Waals surface area contributed by atoms with Gasteiger partial charge in [0.2, 0.25) is 0 Å². The Kier molecular flexibility index (Phi) is 7.22. The Balaban J connectivity index is 0. The first-order valence-corrected chi connectivity index (χ1v) is 3.02. The lowest BCUT2D eigenvalue weighted by atomic mass is 10.8. The maximum Gasteiger partial charge on any atom is 0.123 e. The maximum atomic E-state index is 4.01. The van der Waals surface area contributed by atoms with Crippen LogP contribution in [0.1, 0.15) is 0 Å². The predicted molar refractivity (Wildman–Crippen MR) is 50.4 cm³/mol. The molecule has 1 rings (SSSR count). The molecule has 0 radical (unpaired) electrons. The molecule has 2 nitrogen and oxygen atoms in total. The van der Waals surface area contributed by atoms with Gasteiger partial charge in [0.25, 0.3) is 0 Å². The second-order valence-corrected chi connectivity index (χ2v) is 2.42. The zero-order valence-corrected chi connectivity index (χ0v) is 8.53. The van der Waals surface area contributed by atoms with Crippen molar-refractivity contribution in [3.05, 3.63) is 16.0 Å². The van der Waals surface area contributed by atoms with Crippen LogP contribution in [-0.4, -0.2) is 9.78 Å². The molecule has 0 spiro atoms. The van der Waals surface area contributed by atoms with E-state index >= 15 is 0 Å². The quantitative estimate of drug-likeness (QED) is 0.664. The molecule has 0 saturated heterocycles. The third kappa shape index (κ3) is 4.00. The average Bonchev–Trinajstić information content (AvgIpc) is 1.87. The minimum Gasteiger partial charge on any atom is -0.275 e. The van der Waals surface area contributed by atoms with Crippen molar-refractivity contribution in [3.8, 4) is 0 Å². The lowest BCUT2D eigenvalue weighted by Gasteiger charge is -1.79. The number of hydrogen-bond donors (Lipinski definition) is 0. The number of hydrogen-bond acceptors (Lipinski definition) is 1. The van der Waals surface area contributed by atoms with E-state index in [1.807, 2.05) is 19.3 Å². The third-order valence-corrected chi connectivity index (χ3v) is 1.26. The van der Waals surface area contributed by atoms with Crippen LogP contribution in [0.15, 0.2) is 12.3 Å². The normalized spacial score (nSPS) is 7.33. The monoisotopic (exact) mass is 280 g/mol. The fourth-order valence-electron chi connectivity index (χ4n) is 0.387. The molecule has 9 heavy (non-hydrogen) atoms. The molecule has 54 valence electrons. The number of rotatable bonds is 0. The fourth-order valence-corrected chi connectivity index (χ4v) is 0.888. The molecule has 0 aliphatic carbocycles. The number of aromatic nitrogens is 2. The first-order chi connectivity index (χ1) is 3.29. The van der Waals surface area contributed by atoms with Gasteiger partial charge in [0, 0.05) is 13.2 Å². The van der Waals surface area contributed by atoms with E-state index in [1.165, 1.54) is 0 Å². The molecule has 0 bridgehead atoms. The third-order valence-electron chi connectivity index (χ3n) is 0.681. The minimum absolute atomic E-state index is 0. The van der Waals surface area contributed by atoms with Gasteiger partial charge in [0.1, 0.15) is 3.70 Å². The van der Waals surface area contributed by atoms with Crippen LogP contribution in [0.2, 0.25) is 0 Å². The van der Waals surface area contributed by atoms with Crippen molar-refractivity contribution in [1.82, 2.24) is 9.78 Å². The molecule has 5 heteroatoms. The van der Waals surface area contributed by atoms with E-state index in [1.54, 1.807) is 4.68 Å². The molecule has 0 N–H and O–H groups in total. The molecular weight excluding hydrogens is 274 g/mol. The lowest BCUT2D eigenvalue weighted by molar-refractivity contribution is 0.760. The SMILES string of the molecule is Cl.Cl.Cn1ccc(I)n1. The zero-order chi connectivity index (χ0) is 5.28. The van der Waals surface area contributed by atoms with Crippen LogP contribution >= 0.6 is 47.4 Å². The highest BCUT2D eigenvalue weighted by Crippen LogP contribution is 1.95. The average molecular weight is 281 g/mol. The van der Waals surface area contributed by atoms with Gasteiger partial charge in [-0.05, 0) is 28.7 Å². The largest absolute Gasteiger partial charge is 0.275 e. The molecule has 0 aromatic carbocycles.